The summed E-state index contributed by atoms with van der Waals surface area (Å²) in [6.45, 7) is 3.93. The van der Waals surface area contributed by atoms with Crippen LogP contribution in [0.15, 0.2) is 0 Å². The van der Waals surface area contributed by atoms with Crippen LogP contribution in [0.2, 0.25) is 0 Å². The Morgan fingerprint density at radius 3 is 2.80 bits per heavy atom. The fraction of sp³-hybridized carbons (Fsp3) is 0.909. The SMILES string of the molecule is CCCCOC(=O)CNCC1(SC)CC1. The van der Waals surface area contributed by atoms with E-state index in [0.717, 1.165) is 19.4 Å². The summed E-state index contributed by atoms with van der Waals surface area (Å²) < 4.78 is 5.46. The molecule has 0 amide bonds. The molecule has 0 radical (unpaired) electrons. The Morgan fingerprint density at radius 2 is 2.27 bits per heavy atom. The van der Waals surface area contributed by atoms with Crippen LogP contribution >= 0.6 is 11.8 Å². The number of unbranched alkanes of at least 4 members (excludes halogenated alkanes) is 1. The summed E-state index contributed by atoms with van der Waals surface area (Å²) in [5.74, 6) is -0.125. The average molecular weight is 231 g/mol. The Balaban J connectivity index is 1.97. The summed E-state index contributed by atoms with van der Waals surface area (Å²) in [4.78, 5) is 11.2. The van der Waals surface area contributed by atoms with E-state index < -0.39 is 0 Å². The zero-order valence-corrected chi connectivity index (χ0v) is 10.5. The number of carbonyl (C=O) groups is 1. The van der Waals surface area contributed by atoms with Gasteiger partial charge in [0.2, 0.25) is 0 Å². The van der Waals surface area contributed by atoms with Crippen molar-refractivity contribution in [2.75, 3.05) is 26.0 Å². The molecule has 1 aliphatic carbocycles. The molecule has 0 aromatic carbocycles. The third kappa shape index (κ3) is 4.89. The second-order valence-electron chi connectivity index (χ2n) is 4.06. The standard InChI is InChI=1S/C11H21NO2S/c1-3-4-7-14-10(13)8-12-9-11(15-2)5-6-11/h12H,3-9H2,1-2H3. The lowest BCUT2D eigenvalue weighted by Gasteiger charge is -2.12. The first kappa shape index (κ1) is 12.8. The van der Waals surface area contributed by atoms with Gasteiger partial charge in [-0.25, -0.2) is 0 Å². The summed E-state index contributed by atoms with van der Waals surface area (Å²) in [5.41, 5.74) is 0. The molecule has 0 heterocycles. The normalized spacial score (nSPS) is 17.5. The summed E-state index contributed by atoms with van der Waals surface area (Å²) in [7, 11) is 0. The van der Waals surface area contributed by atoms with E-state index in [2.05, 4.69) is 18.5 Å². The van der Waals surface area contributed by atoms with Crippen molar-refractivity contribution >= 4 is 17.7 Å². The van der Waals surface area contributed by atoms with Gasteiger partial charge in [-0.2, -0.15) is 11.8 Å². The van der Waals surface area contributed by atoms with E-state index in [1.54, 1.807) is 0 Å². The maximum Gasteiger partial charge on any atom is 0.319 e. The van der Waals surface area contributed by atoms with Gasteiger partial charge in [-0.1, -0.05) is 13.3 Å². The molecule has 0 atom stereocenters. The van der Waals surface area contributed by atoms with E-state index in [-0.39, 0.29) is 5.97 Å². The fourth-order valence-electron chi connectivity index (χ4n) is 1.37. The molecule has 1 aliphatic rings. The van der Waals surface area contributed by atoms with Crippen LogP contribution in [0.5, 0.6) is 0 Å². The molecule has 1 rings (SSSR count). The Kier molecular flexibility index (Phi) is 5.47. The number of nitrogens with one attached hydrogen (secondary N) is 1. The van der Waals surface area contributed by atoms with E-state index in [4.69, 9.17) is 4.74 Å². The maximum atomic E-state index is 11.2. The second-order valence-corrected chi connectivity index (χ2v) is 5.34. The molecule has 1 saturated carbocycles. The maximum absolute atomic E-state index is 11.2. The zero-order chi connectivity index (χ0) is 11.1. The van der Waals surface area contributed by atoms with Crippen molar-refractivity contribution < 1.29 is 9.53 Å². The second kappa shape index (κ2) is 6.38. The van der Waals surface area contributed by atoms with Gasteiger partial charge in [-0.3, -0.25) is 4.79 Å². The van der Waals surface area contributed by atoms with Crippen LogP contribution in [0.25, 0.3) is 0 Å². The predicted octanol–water partition coefficient (Wildman–Crippen LogP) is 1.81. The van der Waals surface area contributed by atoms with E-state index in [0.29, 0.717) is 17.9 Å². The number of ether oxygens (including phenoxy) is 1. The number of hydrogen-bond acceptors (Lipinski definition) is 4. The summed E-state index contributed by atoms with van der Waals surface area (Å²) >= 11 is 1.90. The molecule has 0 aromatic heterocycles. The van der Waals surface area contributed by atoms with Gasteiger partial charge in [0.25, 0.3) is 0 Å². The number of carbonyl (C=O) groups excluding carboxylic acids is 1. The number of esters is 1. The smallest absolute Gasteiger partial charge is 0.319 e. The van der Waals surface area contributed by atoms with Gasteiger partial charge in [-0.15, -0.1) is 0 Å². The van der Waals surface area contributed by atoms with E-state index >= 15 is 0 Å². The van der Waals surface area contributed by atoms with E-state index in [1.807, 2.05) is 11.8 Å². The van der Waals surface area contributed by atoms with Crippen molar-refractivity contribution in [1.29, 1.82) is 0 Å². The van der Waals surface area contributed by atoms with Crippen molar-refractivity contribution in [3.63, 3.8) is 0 Å². The Hall–Kier alpha value is -0.220. The number of thioether (sulfide) groups is 1. The van der Waals surface area contributed by atoms with Crippen LogP contribution in [-0.2, 0) is 9.53 Å². The quantitative estimate of drug-likeness (QED) is 0.511. The highest BCUT2D eigenvalue weighted by atomic mass is 32.2. The van der Waals surface area contributed by atoms with Gasteiger partial charge >= 0.3 is 5.97 Å². The molecule has 15 heavy (non-hydrogen) atoms. The van der Waals surface area contributed by atoms with Crippen molar-refractivity contribution in [2.45, 2.75) is 37.4 Å². The van der Waals surface area contributed by atoms with Crippen molar-refractivity contribution in [2.24, 2.45) is 0 Å². The molecular weight excluding hydrogens is 210 g/mol. The molecule has 0 aliphatic heterocycles. The molecule has 0 saturated heterocycles. The van der Waals surface area contributed by atoms with Gasteiger partial charge < -0.3 is 10.1 Å². The Labute approximate surface area is 96.3 Å². The molecule has 3 nitrogen and oxygen atoms in total. The molecule has 88 valence electrons. The van der Waals surface area contributed by atoms with Gasteiger partial charge in [-0.05, 0) is 25.5 Å². The lowest BCUT2D eigenvalue weighted by atomic mass is 10.4. The highest BCUT2D eigenvalue weighted by Crippen LogP contribution is 2.46. The van der Waals surface area contributed by atoms with E-state index in [1.165, 1.54) is 12.8 Å². The van der Waals surface area contributed by atoms with Crippen LogP contribution in [0, 0.1) is 0 Å². The van der Waals surface area contributed by atoms with Gasteiger partial charge in [0.15, 0.2) is 0 Å². The predicted molar refractivity (Wildman–Crippen MR) is 64.2 cm³/mol. The van der Waals surface area contributed by atoms with Crippen LogP contribution in [0.1, 0.15) is 32.6 Å². The van der Waals surface area contributed by atoms with Crippen molar-refractivity contribution in [3.8, 4) is 0 Å². The summed E-state index contributed by atoms with van der Waals surface area (Å²) in [6, 6.07) is 0. The first-order valence-electron chi connectivity index (χ1n) is 5.64. The molecule has 0 unspecified atom stereocenters. The molecule has 0 bridgehead atoms. The monoisotopic (exact) mass is 231 g/mol. The first-order valence-corrected chi connectivity index (χ1v) is 6.86. The van der Waals surface area contributed by atoms with Gasteiger partial charge in [0.1, 0.15) is 0 Å². The summed E-state index contributed by atoms with van der Waals surface area (Å²) in [5, 5.41) is 3.17. The van der Waals surface area contributed by atoms with Crippen LogP contribution in [0.4, 0.5) is 0 Å². The Morgan fingerprint density at radius 1 is 1.53 bits per heavy atom. The third-order valence-corrected chi connectivity index (χ3v) is 4.14. The third-order valence-electron chi connectivity index (χ3n) is 2.72. The first-order chi connectivity index (χ1) is 7.22. The largest absolute Gasteiger partial charge is 0.465 e. The van der Waals surface area contributed by atoms with E-state index in [9.17, 15) is 4.79 Å². The molecule has 1 N–H and O–H groups in total. The van der Waals surface area contributed by atoms with Crippen LogP contribution in [0.3, 0.4) is 0 Å². The Bertz CT molecular complexity index is 205. The molecular formula is C11H21NO2S. The highest BCUT2D eigenvalue weighted by Gasteiger charge is 2.41. The number of hydrogen-bond donors (Lipinski definition) is 1. The lowest BCUT2D eigenvalue weighted by molar-refractivity contribution is -0.142. The fourth-order valence-corrected chi connectivity index (χ4v) is 2.12. The van der Waals surface area contributed by atoms with Crippen LogP contribution in [-0.4, -0.2) is 36.7 Å². The average Bonchev–Trinajstić information content (AvgIpc) is 2.99. The van der Waals surface area contributed by atoms with Crippen molar-refractivity contribution in [1.82, 2.24) is 5.32 Å². The van der Waals surface area contributed by atoms with Crippen molar-refractivity contribution in [3.05, 3.63) is 0 Å². The zero-order valence-electron chi connectivity index (χ0n) is 9.67. The van der Waals surface area contributed by atoms with Crippen LogP contribution < -0.4 is 5.32 Å². The molecule has 1 fully saturated rings. The van der Waals surface area contributed by atoms with Gasteiger partial charge in [0, 0.05) is 11.3 Å². The topological polar surface area (TPSA) is 38.3 Å². The van der Waals surface area contributed by atoms with Gasteiger partial charge in [0.05, 0.1) is 13.2 Å². The highest BCUT2D eigenvalue weighted by molar-refractivity contribution is 8.00. The molecule has 0 aromatic rings. The minimum Gasteiger partial charge on any atom is -0.465 e. The molecule has 0 spiro atoms. The summed E-state index contributed by atoms with van der Waals surface area (Å²) in [6.07, 6.45) is 6.70. The molecule has 4 heteroatoms. The minimum absolute atomic E-state index is 0.125. The number of rotatable bonds is 8. The lowest BCUT2D eigenvalue weighted by Crippen LogP contribution is -2.31. The minimum atomic E-state index is -0.125.